The van der Waals surface area contributed by atoms with Gasteiger partial charge < -0.3 is 5.32 Å². The summed E-state index contributed by atoms with van der Waals surface area (Å²) in [5, 5.41) is 2.96. The molecule has 3 amide bonds. The highest BCUT2D eigenvalue weighted by Crippen LogP contribution is 2.20. The Morgan fingerprint density at radius 1 is 1.15 bits per heavy atom. The summed E-state index contributed by atoms with van der Waals surface area (Å²) < 4.78 is 0. The highest BCUT2D eigenvalue weighted by atomic mass is 16.2. The third-order valence-corrected chi connectivity index (χ3v) is 5.35. The molecule has 2 aliphatic rings. The highest BCUT2D eigenvalue weighted by Gasteiger charge is 2.36. The lowest BCUT2D eigenvalue weighted by molar-refractivity contribution is -0.146. The minimum atomic E-state index is -0.733. The van der Waals surface area contributed by atoms with Crippen LogP contribution in [0.2, 0.25) is 0 Å². The standard InChI is InChI=1S/C20H27N3O3/c1-15(23-18(24)10-11-19(23)25)20(26)21-13-17-9-5-6-12-22(17)14-16-7-3-2-4-8-16/h2-4,7-8,15,17H,5-6,9-14H2,1H3,(H,21,26). The minimum absolute atomic E-state index is 0.212. The van der Waals surface area contributed by atoms with Gasteiger partial charge in [-0.1, -0.05) is 36.8 Å². The summed E-state index contributed by atoms with van der Waals surface area (Å²) in [6.45, 7) is 4.07. The van der Waals surface area contributed by atoms with E-state index in [4.69, 9.17) is 0 Å². The van der Waals surface area contributed by atoms with Crippen molar-refractivity contribution in [3.8, 4) is 0 Å². The van der Waals surface area contributed by atoms with Crippen molar-refractivity contribution in [2.45, 2.75) is 57.7 Å². The van der Waals surface area contributed by atoms with Crippen LogP contribution in [0.1, 0.15) is 44.6 Å². The van der Waals surface area contributed by atoms with Crippen LogP contribution in [0, 0.1) is 0 Å². The first-order valence-electron chi connectivity index (χ1n) is 9.47. The number of carbonyl (C=O) groups excluding carboxylic acids is 3. The number of imide groups is 1. The average Bonchev–Trinajstić information content (AvgIpc) is 2.99. The summed E-state index contributed by atoms with van der Waals surface area (Å²) in [6, 6.07) is 9.89. The maximum absolute atomic E-state index is 12.5. The zero-order chi connectivity index (χ0) is 18.5. The van der Waals surface area contributed by atoms with Gasteiger partial charge in [0.25, 0.3) is 0 Å². The third kappa shape index (κ3) is 4.30. The van der Waals surface area contributed by atoms with Gasteiger partial charge in [-0.15, -0.1) is 0 Å². The molecule has 0 saturated carbocycles. The molecule has 6 nitrogen and oxygen atoms in total. The monoisotopic (exact) mass is 357 g/mol. The molecule has 140 valence electrons. The first kappa shape index (κ1) is 18.6. The molecule has 0 aromatic heterocycles. The maximum Gasteiger partial charge on any atom is 0.243 e. The van der Waals surface area contributed by atoms with Crippen LogP contribution in [0.3, 0.4) is 0 Å². The van der Waals surface area contributed by atoms with Gasteiger partial charge in [-0.2, -0.15) is 0 Å². The fourth-order valence-corrected chi connectivity index (χ4v) is 3.83. The maximum atomic E-state index is 12.5. The number of piperidine rings is 1. The predicted molar refractivity (Wildman–Crippen MR) is 98.0 cm³/mol. The molecule has 1 aromatic carbocycles. The van der Waals surface area contributed by atoms with E-state index in [2.05, 4.69) is 22.3 Å². The summed E-state index contributed by atoms with van der Waals surface area (Å²) in [5.74, 6) is -0.749. The number of hydrogen-bond acceptors (Lipinski definition) is 4. The second-order valence-electron chi connectivity index (χ2n) is 7.18. The average molecular weight is 357 g/mol. The van der Waals surface area contributed by atoms with Gasteiger partial charge in [0.05, 0.1) is 0 Å². The van der Waals surface area contributed by atoms with Gasteiger partial charge in [-0.25, -0.2) is 0 Å². The zero-order valence-electron chi connectivity index (χ0n) is 15.3. The second-order valence-corrected chi connectivity index (χ2v) is 7.18. The van der Waals surface area contributed by atoms with Crippen LogP contribution >= 0.6 is 0 Å². The topological polar surface area (TPSA) is 69.7 Å². The van der Waals surface area contributed by atoms with Crippen LogP contribution in [0.5, 0.6) is 0 Å². The Morgan fingerprint density at radius 2 is 1.85 bits per heavy atom. The first-order chi connectivity index (χ1) is 12.6. The normalized spacial score (nSPS) is 22.5. The third-order valence-electron chi connectivity index (χ3n) is 5.35. The van der Waals surface area contributed by atoms with Crippen LogP contribution in [0.25, 0.3) is 0 Å². The first-order valence-corrected chi connectivity index (χ1v) is 9.47. The largest absolute Gasteiger partial charge is 0.353 e. The van der Waals surface area contributed by atoms with Gasteiger partial charge in [0.15, 0.2) is 0 Å². The van der Waals surface area contributed by atoms with Crippen molar-refractivity contribution in [2.24, 2.45) is 0 Å². The van der Waals surface area contributed by atoms with Gasteiger partial charge in [-0.3, -0.25) is 24.2 Å². The molecule has 0 spiro atoms. The predicted octanol–water partition coefficient (Wildman–Crippen LogP) is 1.69. The molecule has 1 aromatic rings. The zero-order valence-corrected chi connectivity index (χ0v) is 15.3. The lowest BCUT2D eigenvalue weighted by Gasteiger charge is -2.36. The molecule has 2 fully saturated rings. The van der Waals surface area contributed by atoms with Crippen molar-refractivity contribution in [3.63, 3.8) is 0 Å². The SMILES string of the molecule is CC(C(=O)NCC1CCCCN1Cc1ccccc1)N1C(=O)CCC1=O. The summed E-state index contributed by atoms with van der Waals surface area (Å²) >= 11 is 0. The van der Waals surface area contributed by atoms with E-state index in [0.29, 0.717) is 6.54 Å². The number of amides is 3. The number of carbonyl (C=O) groups is 3. The van der Waals surface area contributed by atoms with Crippen LogP contribution in [0.15, 0.2) is 30.3 Å². The van der Waals surface area contributed by atoms with Crippen molar-refractivity contribution in [3.05, 3.63) is 35.9 Å². The quantitative estimate of drug-likeness (QED) is 0.787. The molecule has 0 radical (unpaired) electrons. The molecule has 0 aliphatic carbocycles. The van der Waals surface area contributed by atoms with Crippen LogP contribution < -0.4 is 5.32 Å². The van der Waals surface area contributed by atoms with Crippen LogP contribution in [-0.2, 0) is 20.9 Å². The molecule has 26 heavy (non-hydrogen) atoms. The molecule has 2 aliphatic heterocycles. The van der Waals surface area contributed by atoms with E-state index < -0.39 is 6.04 Å². The van der Waals surface area contributed by atoms with Crippen LogP contribution in [-0.4, -0.2) is 52.7 Å². The smallest absolute Gasteiger partial charge is 0.243 e. The molecule has 3 rings (SSSR count). The molecule has 2 unspecified atom stereocenters. The van der Waals surface area contributed by atoms with Crippen molar-refractivity contribution < 1.29 is 14.4 Å². The van der Waals surface area contributed by atoms with E-state index in [-0.39, 0.29) is 36.6 Å². The summed E-state index contributed by atoms with van der Waals surface area (Å²) in [6.07, 6.45) is 3.80. The molecule has 6 heteroatoms. The molecular formula is C20H27N3O3. The Hall–Kier alpha value is -2.21. The minimum Gasteiger partial charge on any atom is -0.353 e. The van der Waals surface area contributed by atoms with Crippen molar-refractivity contribution in [1.29, 1.82) is 0 Å². The van der Waals surface area contributed by atoms with Gasteiger partial charge in [-0.05, 0) is 31.9 Å². The number of benzene rings is 1. The van der Waals surface area contributed by atoms with Crippen LogP contribution in [0.4, 0.5) is 0 Å². The summed E-state index contributed by atoms with van der Waals surface area (Å²) in [4.78, 5) is 39.6. The molecule has 2 atom stereocenters. The summed E-state index contributed by atoms with van der Waals surface area (Å²) in [7, 11) is 0. The van der Waals surface area contributed by atoms with Gasteiger partial charge in [0, 0.05) is 32.0 Å². The van der Waals surface area contributed by atoms with Gasteiger partial charge in [0.1, 0.15) is 6.04 Å². The molecule has 2 heterocycles. The van der Waals surface area contributed by atoms with Crippen molar-refractivity contribution in [1.82, 2.24) is 15.1 Å². The van der Waals surface area contributed by atoms with E-state index in [1.807, 2.05) is 18.2 Å². The number of nitrogens with one attached hydrogen (secondary N) is 1. The number of rotatable bonds is 6. The Morgan fingerprint density at radius 3 is 2.54 bits per heavy atom. The van der Waals surface area contributed by atoms with Gasteiger partial charge >= 0.3 is 0 Å². The Bertz CT molecular complexity index is 646. The highest BCUT2D eigenvalue weighted by molar-refractivity contribution is 6.05. The Labute approximate surface area is 154 Å². The van der Waals surface area contributed by atoms with E-state index in [1.165, 1.54) is 12.0 Å². The van der Waals surface area contributed by atoms with E-state index in [9.17, 15) is 14.4 Å². The van der Waals surface area contributed by atoms with E-state index in [0.717, 1.165) is 30.8 Å². The lowest BCUT2D eigenvalue weighted by Crippen LogP contribution is -2.51. The summed E-state index contributed by atoms with van der Waals surface area (Å²) in [5.41, 5.74) is 1.27. The molecular weight excluding hydrogens is 330 g/mol. The molecule has 0 bridgehead atoms. The fourth-order valence-electron chi connectivity index (χ4n) is 3.83. The number of nitrogens with zero attached hydrogens (tertiary/aromatic N) is 2. The number of hydrogen-bond donors (Lipinski definition) is 1. The fraction of sp³-hybridized carbons (Fsp3) is 0.550. The lowest BCUT2D eigenvalue weighted by atomic mass is 10.0. The molecule has 1 N–H and O–H groups in total. The van der Waals surface area contributed by atoms with Crippen molar-refractivity contribution in [2.75, 3.05) is 13.1 Å². The van der Waals surface area contributed by atoms with Crippen molar-refractivity contribution >= 4 is 17.7 Å². The Kier molecular flexibility index (Phi) is 6.04. The number of likely N-dealkylation sites (tertiary alicyclic amines) is 2. The van der Waals surface area contributed by atoms with E-state index in [1.54, 1.807) is 6.92 Å². The Balaban J connectivity index is 1.55. The van der Waals surface area contributed by atoms with E-state index >= 15 is 0 Å². The second kappa shape index (κ2) is 8.45. The molecule has 2 saturated heterocycles. The van der Waals surface area contributed by atoms with Gasteiger partial charge in [0.2, 0.25) is 17.7 Å².